The summed E-state index contributed by atoms with van der Waals surface area (Å²) in [6.45, 7) is -11.6. The lowest BCUT2D eigenvalue weighted by Crippen LogP contribution is -1.85. The number of aliphatic hydroxyl groups is 3. The Hall–Kier alpha value is 0.170. The number of rotatable bonds is 10. The molecule has 0 rings (SSSR count). The molecule has 0 unspecified atom stereocenters. The molecular weight excluding hydrogens is 228 g/mol. The van der Waals surface area contributed by atoms with Gasteiger partial charge in [0.2, 0.25) is 0 Å². The van der Waals surface area contributed by atoms with Gasteiger partial charge in [-0.1, -0.05) is 25.5 Å². The lowest BCUT2D eigenvalue weighted by molar-refractivity contribution is 0.265. The predicted octanol–water partition coefficient (Wildman–Crippen LogP) is 2.31. The Morgan fingerprint density at radius 2 is 0.938 bits per heavy atom. The molecule has 16 heavy (non-hydrogen) atoms. The van der Waals surface area contributed by atoms with Gasteiger partial charge in [-0.2, -0.15) is 0 Å². The molecule has 0 aromatic heterocycles. The van der Waals surface area contributed by atoms with Crippen LogP contribution < -0.4 is 0 Å². The van der Waals surface area contributed by atoms with Crippen LogP contribution in [0.1, 0.15) is 83.9 Å². The fourth-order valence-electron chi connectivity index (χ4n) is 0.232. The zero-order valence-electron chi connectivity index (χ0n) is 31.7. The first-order valence-corrected chi connectivity index (χ1v) is 3.74. The van der Waals surface area contributed by atoms with Crippen molar-refractivity contribution in [1.82, 2.24) is 0 Å². The van der Waals surface area contributed by atoms with Crippen molar-refractivity contribution in [3.63, 3.8) is 0 Å². The van der Waals surface area contributed by atoms with E-state index < -0.39 is 76.5 Å². The minimum atomic E-state index is -4.02. The van der Waals surface area contributed by atoms with Crippen LogP contribution >= 0.6 is 11.6 Å². The van der Waals surface area contributed by atoms with E-state index in [4.69, 9.17) is 59.8 Å². The lowest BCUT2D eigenvalue weighted by atomic mass is 10.2. The van der Waals surface area contributed by atoms with Gasteiger partial charge in [0.25, 0.3) is 0 Å². The van der Waals surface area contributed by atoms with Crippen molar-refractivity contribution in [3.05, 3.63) is 0 Å². The van der Waals surface area contributed by atoms with Crippen molar-refractivity contribution in [1.29, 1.82) is 0 Å². The van der Waals surface area contributed by atoms with Gasteiger partial charge in [-0.05, 0) is 25.5 Å². The van der Waals surface area contributed by atoms with Crippen molar-refractivity contribution in [2.45, 2.75) is 51.0 Å². The van der Waals surface area contributed by atoms with Crippen LogP contribution in [0, 0.1) is 0 Å². The first kappa shape index (κ1) is 2.55. The highest BCUT2D eigenvalue weighted by Gasteiger charge is 1.85. The molecule has 100 valence electrons. The monoisotopic (exact) mass is 278 g/mol. The van der Waals surface area contributed by atoms with Gasteiger partial charge in [0.15, 0.2) is 0 Å². The molecule has 0 radical (unpaired) electrons. The van der Waals surface area contributed by atoms with Gasteiger partial charge in [0, 0.05) is 50.2 Å². The second-order valence-corrected chi connectivity index (χ2v) is 1.62. The average Bonchev–Trinajstić information content (AvgIpc) is 2.63. The van der Waals surface area contributed by atoms with Crippen LogP contribution in [0.4, 0.5) is 0 Å². The molecule has 3 N–H and O–H groups in total. The van der Waals surface area contributed by atoms with Crippen molar-refractivity contribution in [2.24, 2.45) is 0 Å². The van der Waals surface area contributed by atoms with Crippen LogP contribution in [0.2, 0.25) is 0 Å². The molecule has 0 saturated heterocycles. The number of halogens is 1. The van der Waals surface area contributed by atoms with E-state index in [1.807, 2.05) is 0 Å². The predicted molar refractivity (Wildman–Crippen MR) is 68.9 cm³/mol. The van der Waals surface area contributed by atoms with E-state index >= 15 is 0 Å². The van der Waals surface area contributed by atoms with Crippen molar-refractivity contribution in [2.75, 3.05) is 25.5 Å². The van der Waals surface area contributed by atoms with E-state index in [2.05, 4.69) is 0 Å². The quantitative estimate of drug-likeness (QED) is 0.538. The summed E-state index contributed by atoms with van der Waals surface area (Å²) in [5.41, 5.74) is 0. The summed E-state index contributed by atoms with van der Waals surface area (Å²) < 4.78 is 171. The van der Waals surface area contributed by atoms with Gasteiger partial charge in [-0.15, -0.1) is 11.6 Å². The molecule has 0 amide bonds. The molecule has 0 fully saturated rings. The minimum Gasteiger partial charge on any atom is -0.396 e. The highest BCUT2D eigenvalue weighted by molar-refractivity contribution is 6.17. The van der Waals surface area contributed by atoms with Crippen LogP contribution in [-0.2, 0) is 0 Å². The standard InChI is InChI=1S/C6H13ClO.C6H14O2/c2*7-5-3-1-2-4-6-8/h8H,1-6H2;7-8H,1-6H2/i2*1D2,2D2,3D2,4D2,5D2,6D2. The third-order valence-electron chi connectivity index (χ3n) is 0.590. The molecule has 0 atom stereocenters. The molecule has 0 bridgehead atoms. The summed E-state index contributed by atoms with van der Waals surface area (Å²) in [6, 6.07) is 0. The van der Waals surface area contributed by atoms with Gasteiger partial charge in [-0.25, -0.2) is 0 Å². The normalized spacial score (nSPS) is 42.8. The molecular formula is C12H27ClO3. The number of alkyl halides is 1. The Morgan fingerprint density at radius 1 is 0.625 bits per heavy atom. The largest absolute Gasteiger partial charge is 0.396 e. The first-order valence-electron chi connectivity index (χ1n) is 15.4. The first-order chi connectivity index (χ1) is 16.5. The van der Waals surface area contributed by atoms with Crippen molar-refractivity contribution < 1.29 is 48.2 Å². The van der Waals surface area contributed by atoms with Crippen LogP contribution in [0.25, 0.3) is 0 Å². The molecule has 0 spiro atoms. The lowest BCUT2D eigenvalue weighted by Gasteiger charge is -1.93. The Labute approximate surface area is 138 Å². The van der Waals surface area contributed by atoms with E-state index in [9.17, 15) is 0 Å². The summed E-state index contributed by atoms with van der Waals surface area (Å²) in [4.78, 5) is 0. The Morgan fingerprint density at radius 3 is 1.19 bits per heavy atom. The fraction of sp³-hybridized carbons (Fsp3) is 1.00. The van der Waals surface area contributed by atoms with Gasteiger partial charge in [-0.3, -0.25) is 0 Å². The second kappa shape index (κ2) is 20.6. The summed E-state index contributed by atoms with van der Waals surface area (Å²) in [5.74, 6) is -3.40. The van der Waals surface area contributed by atoms with E-state index in [1.165, 1.54) is 0 Å². The molecule has 4 heteroatoms. The topological polar surface area (TPSA) is 60.7 Å². The van der Waals surface area contributed by atoms with Gasteiger partial charge < -0.3 is 15.3 Å². The van der Waals surface area contributed by atoms with Crippen LogP contribution in [-0.4, -0.2) is 40.8 Å². The second-order valence-electron chi connectivity index (χ2n) is 1.43. The Balaban J connectivity index is 0. The zero-order valence-corrected chi connectivity index (χ0v) is 8.48. The highest BCUT2D eigenvalue weighted by atomic mass is 35.5. The maximum atomic E-state index is 9.02. The fourth-order valence-corrected chi connectivity index (χ4v) is 0.280. The molecule has 0 aliphatic carbocycles. The summed E-state index contributed by atoms with van der Waals surface area (Å²) in [7, 11) is 0. The smallest absolute Gasteiger partial charge is 0.0564 e. The molecule has 3 nitrogen and oxygen atoms in total. The van der Waals surface area contributed by atoms with E-state index in [1.54, 1.807) is 0 Å². The van der Waals surface area contributed by atoms with Crippen LogP contribution in [0.3, 0.4) is 0 Å². The molecule has 0 aliphatic heterocycles. The maximum absolute atomic E-state index is 9.02. The molecule has 0 saturated carbocycles. The van der Waals surface area contributed by atoms with Gasteiger partial charge in [0.1, 0.15) is 0 Å². The number of hydrogen-bond donors (Lipinski definition) is 3. The molecule has 0 aromatic rings. The van der Waals surface area contributed by atoms with Crippen molar-refractivity contribution in [3.8, 4) is 0 Å². The third kappa shape index (κ3) is 23.8. The van der Waals surface area contributed by atoms with Crippen LogP contribution in [0.5, 0.6) is 0 Å². The summed E-state index contributed by atoms with van der Waals surface area (Å²) >= 11 is 5.05. The van der Waals surface area contributed by atoms with Crippen LogP contribution in [0.15, 0.2) is 0 Å². The average molecular weight is 279 g/mol. The molecule has 0 aromatic carbocycles. The Bertz CT molecular complexity index is 729. The maximum Gasteiger partial charge on any atom is 0.0564 e. The molecule has 0 aliphatic rings. The van der Waals surface area contributed by atoms with Gasteiger partial charge >= 0.3 is 0 Å². The SMILES string of the molecule is [2H]C([2H])(O)C([2H])([2H])C([2H])([2H])C([2H])([2H])C([2H])([2H])C([2H])([2H])Cl.[2H]C([2H])(O)C([2H])([2H])C([2H])([2H])C([2H])([2H])C([2H])([2H])C([2H])([2H])O. The van der Waals surface area contributed by atoms with Crippen molar-refractivity contribution >= 4 is 11.6 Å². The third-order valence-corrected chi connectivity index (χ3v) is 0.684. The van der Waals surface area contributed by atoms with E-state index in [-0.39, 0.29) is 0 Å². The minimum absolute atomic E-state index is 3.40. The number of hydrogen-bond acceptors (Lipinski definition) is 3. The highest BCUT2D eigenvalue weighted by Crippen LogP contribution is 1.99. The van der Waals surface area contributed by atoms with E-state index in [0.717, 1.165) is 0 Å². The zero-order chi connectivity index (χ0) is 34.0. The summed E-state index contributed by atoms with van der Waals surface area (Å²) in [5, 5.41) is 27.0. The molecule has 0 heterocycles. The summed E-state index contributed by atoms with van der Waals surface area (Å²) in [6.07, 6.45) is -31.3. The van der Waals surface area contributed by atoms with E-state index in [0.29, 0.717) is 0 Å². The Kier molecular flexibility index (Phi) is 3.28. The van der Waals surface area contributed by atoms with Gasteiger partial charge in [0.05, 0.1) is 8.22 Å².